The number of rotatable bonds is 8. The molecular weight excluding hydrogens is 489 g/mol. The summed E-state index contributed by atoms with van der Waals surface area (Å²) in [4.78, 5) is 34.5. The van der Waals surface area contributed by atoms with Crippen molar-refractivity contribution in [1.29, 1.82) is 0 Å². The number of anilines is 3. The lowest BCUT2D eigenvalue weighted by molar-refractivity contribution is -0.160. The van der Waals surface area contributed by atoms with Gasteiger partial charge in [-0.15, -0.1) is 0 Å². The Hall–Kier alpha value is -3.76. The molecule has 1 aliphatic heterocycles. The molecule has 9 nitrogen and oxygen atoms in total. The summed E-state index contributed by atoms with van der Waals surface area (Å²) in [7, 11) is 0. The first kappa shape index (κ1) is 25.3. The monoisotopic (exact) mass is 513 g/mol. The van der Waals surface area contributed by atoms with Gasteiger partial charge in [0, 0.05) is 23.7 Å². The van der Waals surface area contributed by atoms with Crippen LogP contribution >= 0.6 is 11.6 Å². The smallest absolute Gasteiger partial charge is 0.320 e. The van der Waals surface area contributed by atoms with E-state index in [-0.39, 0.29) is 29.7 Å². The molecule has 1 aliphatic rings. The van der Waals surface area contributed by atoms with E-state index in [0.29, 0.717) is 47.0 Å². The number of carbonyl (C=O) groups is 2. The predicted octanol–water partition coefficient (Wildman–Crippen LogP) is 4.31. The zero-order valence-corrected chi connectivity index (χ0v) is 20.6. The average molecular weight is 514 g/mol. The Morgan fingerprint density at radius 1 is 1.33 bits per heavy atom. The molecule has 0 saturated carbocycles. The number of aromatic nitrogens is 2. The first-order valence-electron chi connectivity index (χ1n) is 11.1. The number of carbonyl (C=O) groups excluding carboxylic acids is 2. The molecule has 2 heterocycles. The van der Waals surface area contributed by atoms with E-state index in [4.69, 9.17) is 21.1 Å². The van der Waals surface area contributed by atoms with Gasteiger partial charge in [-0.1, -0.05) is 18.2 Å². The quantitative estimate of drug-likeness (QED) is 0.339. The van der Waals surface area contributed by atoms with Crippen molar-refractivity contribution in [1.82, 2.24) is 14.9 Å². The van der Waals surface area contributed by atoms with Crippen LogP contribution in [0, 0.1) is 5.82 Å². The van der Waals surface area contributed by atoms with Gasteiger partial charge in [-0.3, -0.25) is 14.5 Å². The van der Waals surface area contributed by atoms with E-state index in [0.717, 1.165) is 6.08 Å². The molecule has 0 bridgehead atoms. The van der Waals surface area contributed by atoms with Crippen molar-refractivity contribution in [2.75, 3.05) is 36.9 Å². The molecule has 1 amide bonds. The van der Waals surface area contributed by atoms with Gasteiger partial charge in [0.2, 0.25) is 5.91 Å². The van der Waals surface area contributed by atoms with Gasteiger partial charge in [0.15, 0.2) is 0 Å². The number of hydrogen-bond acceptors (Lipinski definition) is 8. The molecule has 36 heavy (non-hydrogen) atoms. The molecule has 4 rings (SSSR count). The van der Waals surface area contributed by atoms with Gasteiger partial charge in [-0.05, 0) is 44.2 Å². The van der Waals surface area contributed by atoms with E-state index < -0.39 is 11.7 Å². The minimum absolute atomic E-state index is 0.0295. The molecule has 1 saturated heterocycles. The minimum atomic E-state index is -0.532. The van der Waals surface area contributed by atoms with Crippen molar-refractivity contribution in [3.8, 4) is 5.75 Å². The van der Waals surface area contributed by atoms with Crippen LogP contribution in [-0.4, -0.2) is 58.6 Å². The van der Waals surface area contributed by atoms with Crippen molar-refractivity contribution in [3.05, 3.63) is 60.2 Å². The third-order valence-corrected chi connectivity index (χ3v) is 6.03. The number of cyclic esters (lactones) is 1. The first-order chi connectivity index (χ1) is 17.2. The summed E-state index contributed by atoms with van der Waals surface area (Å²) in [6.45, 7) is 8.68. The normalized spacial score (nSPS) is 15.3. The summed E-state index contributed by atoms with van der Waals surface area (Å²) < 4.78 is 24.7. The molecule has 1 fully saturated rings. The second-order valence-corrected chi connectivity index (χ2v) is 9.19. The maximum atomic E-state index is 13.6. The van der Waals surface area contributed by atoms with Crippen LogP contribution in [0.25, 0.3) is 10.9 Å². The fourth-order valence-corrected chi connectivity index (χ4v) is 3.89. The van der Waals surface area contributed by atoms with Crippen molar-refractivity contribution in [2.45, 2.75) is 19.4 Å². The summed E-state index contributed by atoms with van der Waals surface area (Å²) >= 11 is 5.90. The number of hydrogen-bond donors (Lipinski definition) is 2. The molecule has 2 aromatic carbocycles. The lowest BCUT2D eigenvalue weighted by Crippen LogP contribution is -2.55. The summed E-state index contributed by atoms with van der Waals surface area (Å²) in [5.74, 6) is -0.411. The number of amides is 1. The van der Waals surface area contributed by atoms with E-state index in [1.807, 2.05) is 18.7 Å². The van der Waals surface area contributed by atoms with Crippen molar-refractivity contribution < 1.29 is 23.5 Å². The standard InChI is InChI=1S/C25H25ClFN5O4/c1-4-22(33)31-20-10-16-19(28-14-29-24(16)30-15-5-6-18(27)17(26)9-15)11-21(20)35-8-7-32-12-23(34)36-13-25(32,2)3/h4-6,9-11,14H,1,7-8,12-13H2,2-3H3,(H,31,33)(H,28,29,30). The average Bonchev–Trinajstić information content (AvgIpc) is 2.84. The zero-order valence-electron chi connectivity index (χ0n) is 19.8. The van der Waals surface area contributed by atoms with E-state index in [2.05, 4.69) is 27.2 Å². The number of morpholine rings is 1. The number of halogens is 2. The second-order valence-electron chi connectivity index (χ2n) is 8.78. The lowest BCUT2D eigenvalue weighted by Gasteiger charge is -2.40. The van der Waals surface area contributed by atoms with E-state index in [1.165, 1.54) is 24.5 Å². The van der Waals surface area contributed by atoms with Crippen LogP contribution in [0.3, 0.4) is 0 Å². The fraction of sp³-hybridized carbons (Fsp3) is 0.280. The maximum Gasteiger partial charge on any atom is 0.320 e. The highest BCUT2D eigenvalue weighted by Crippen LogP contribution is 2.34. The highest BCUT2D eigenvalue weighted by Gasteiger charge is 2.34. The molecular formula is C25H25ClFN5O4. The topological polar surface area (TPSA) is 106 Å². The van der Waals surface area contributed by atoms with Crippen LogP contribution in [-0.2, 0) is 14.3 Å². The van der Waals surface area contributed by atoms with Crippen molar-refractivity contribution in [3.63, 3.8) is 0 Å². The van der Waals surface area contributed by atoms with E-state index in [9.17, 15) is 14.0 Å². The fourth-order valence-electron chi connectivity index (χ4n) is 3.71. The van der Waals surface area contributed by atoms with Crippen LogP contribution in [0.1, 0.15) is 13.8 Å². The Balaban J connectivity index is 1.61. The van der Waals surface area contributed by atoms with Gasteiger partial charge in [-0.25, -0.2) is 14.4 Å². The SMILES string of the molecule is C=CC(=O)Nc1cc2c(Nc3ccc(F)c(Cl)c3)ncnc2cc1OCCN1CC(=O)OCC1(C)C. The number of esters is 1. The molecule has 2 N–H and O–H groups in total. The molecule has 3 aromatic rings. The van der Waals surface area contributed by atoms with Gasteiger partial charge in [0.05, 0.1) is 28.3 Å². The van der Waals surface area contributed by atoms with E-state index >= 15 is 0 Å². The van der Waals surface area contributed by atoms with Crippen molar-refractivity contribution in [2.24, 2.45) is 0 Å². The van der Waals surface area contributed by atoms with Gasteiger partial charge in [0.25, 0.3) is 0 Å². The van der Waals surface area contributed by atoms with E-state index in [1.54, 1.807) is 12.1 Å². The number of ether oxygens (including phenoxy) is 2. The van der Waals surface area contributed by atoms with Gasteiger partial charge in [-0.2, -0.15) is 0 Å². The predicted molar refractivity (Wildman–Crippen MR) is 135 cm³/mol. The molecule has 0 unspecified atom stereocenters. The van der Waals surface area contributed by atoms with Crippen LogP contribution in [0.4, 0.5) is 21.6 Å². The maximum absolute atomic E-state index is 13.6. The minimum Gasteiger partial charge on any atom is -0.490 e. The highest BCUT2D eigenvalue weighted by atomic mass is 35.5. The van der Waals surface area contributed by atoms with Gasteiger partial charge in [0.1, 0.15) is 36.9 Å². The molecule has 0 aliphatic carbocycles. The third kappa shape index (κ3) is 5.72. The Bertz CT molecular complexity index is 1330. The summed E-state index contributed by atoms with van der Waals surface area (Å²) in [5, 5.41) is 6.41. The lowest BCUT2D eigenvalue weighted by atomic mass is 10.0. The number of nitrogens with zero attached hydrogens (tertiary/aromatic N) is 3. The Kier molecular flexibility index (Phi) is 7.37. The van der Waals surface area contributed by atoms with Crippen LogP contribution < -0.4 is 15.4 Å². The molecule has 1 aromatic heterocycles. The molecule has 0 spiro atoms. The molecule has 0 atom stereocenters. The van der Waals surface area contributed by atoms with Crippen LogP contribution in [0.5, 0.6) is 5.75 Å². The Morgan fingerprint density at radius 2 is 2.14 bits per heavy atom. The Labute approximate surface area is 212 Å². The third-order valence-electron chi connectivity index (χ3n) is 5.74. The van der Waals surface area contributed by atoms with Gasteiger partial charge >= 0.3 is 5.97 Å². The summed E-state index contributed by atoms with van der Waals surface area (Å²) in [6.07, 6.45) is 2.53. The highest BCUT2D eigenvalue weighted by molar-refractivity contribution is 6.31. The summed E-state index contributed by atoms with van der Waals surface area (Å²) in [5.41, 5.74) is 1.15. The largest absolute Gasteiger partial charge is 0.490 e. The van der Waals surface area contributed by atoms with Gasteiger partial charge < -0.3 is 20.1 Å². The second kappa shape index (κ2) is 10.5. The number of nitrogens with one attached hydrogen (secondary N) is 2. The first-order valence-corrected chi connectivity index (χ1v) is 11.5. The molecule has 0 radical (unpaired) electrons. The molecule has 188 valence electrons. The zero-order chi connectivity index (χ0) is 25.9. The Morgan fingerprint density at radius 3 is 2.89 bits per heavy atom. The van der Waals surface area contributed by atoms with Crippen LogP contribution in [0.15, 0.2) is 49.3 Å². The number of fused-ring (bicyclic) bond motifs is 1. The molecule has 11 heteroatoms. The number of benzene rings is 2. The van der Waals surface area contributed by atoms with Crippen LogP contribution in [0.2, 0.25) is 5.02 Å². The summed E-state index contributed by atoms with van der Waals surface area (Å²) in [6, 6.07) is 7.60. The van der Waals surface area contributed by atoms with Crippen molar-refractivity contribution >= 4 is 51.6 Å².